The van der Waals surface area contributed by atoms with Crippen LogP contribution in [0.5, 0.6) is 0 Å². The fraction of sp³-hybridized carbons (Fsp3) is 0.750. The Balaban J connectivity index is 1.58. The van der Waals surface area contributed by atoms with Crippen LogP contribution in [0.4, 0.5) is 0 Å². The van der Waals surface area contributed by atoms with Crippen molar-refractivity contribution < 1.29 is 0 Å². The molecule has 0 amide bonds. The van der Waals surface area contributed by atoms with E-state index in [2.05, 4.69) is 23.5 Å². The average Bonchev–Trinajstić information content (AvgIpc) is 3.11. The van der Waals surface area contributed by atoms with Crippen LogP contribution in [0.15, 0.2) is 6.20 Å². The van der Waals surface area contributed by atoms with Gasteiger partial charge in [0, 0.05) is 18.8 Å². The second-order valence-corrected chi connectivity index (χ2v) is 5.09. The summed E-state index contributed by atoms with van der Waals surface area (Å²) in [4.78, 5) is 0. The van der Waals surface area contributed by atoms with Crippen LogP contribution in [0.1, 0.15) is 36.4 Å². The SMILES string of the molecule is Cc1c(C2CC2CNC2CC2)cnn1C. The van der Waals surface area contributed by atoms with E-state index >= 15 is 0 Å². The molecule has 15 heavy (non-hydrogen) atoms. The van der Waals surface area contributed by atoms with Crippen molar-refractivity contribution in [2.75, 3.05) is 6.54 Å². The minimum Gasteiger partial charge on any atom is -0.314 e. The minimum atomic E-state index is 0.782. The van der Waals surface area contributed by atoms with Crippen molar-refractivity contribution in [1.82, 2.24) is 15.1 Å². The van der Waals surface area contributed by atoms with Gasteiger partial charge in [0.25, 0.3) is 0 Å². The van der Waals surface area contributed by atoms with Crippen molar-refractivity contribution >= 4 is 0 Å². The fourth-order valence-electron chi connectivity index (χ4n) is 2.34. The Bertz CT molecular complexity index is 365. The molecule has 2 fully saturated rings. The van der Waals surface area contributed by atoms with E-state index in [1.54, 1.807) is 0 Å². The molecule has 0 aromatic carbocycles. The number of aromatic nitrogens is 2. The zero-order chi connectivity index (χ0) is 10.4. The van der Waals surface area contributed by atoms with Gasteiger partial charge in [-0.2, -0.15) is 5.10 Å². The van der Waals surface area contributed by atoms with Gasteiger partial charge >= 0.3 is 0 Å². The third-order valence-corrected chi connectivity index (χ3v) is 3.84. The van der Waals surface area contributed by atoms with Gasteiger partial charge in [0.15, 0.2) is 0 Å². The normalized spacial score (nSPS) is 29.5. The van der Waals surface area contributed by atoms with Crippen LogP contribution in [-0.4, -0.2) is 22.4 Å². The molecule has 2 aliphatic carbocycles. The molecule has 0 spiro atoms. The number of nitrogens with zero attached hydrogens (tertiary/aromatic N) is 2. The van der Waals surface area contributed by atoms with E-state index in [4.69, 9.17) is 0 Å². The van der Waals surface area contributed by atoms with E-state index in [-0.39, 0.29) is 0 Å². The van der Waals surface area contributed by atoms with Crippen molar-refractivity contribution in [3.8, 4) is 0 Å². The van der Waals surface area contributed by atoms with Gasteiger partial charge in [-0.15, -0.1) is 0 Å². The lowest BCUT2D eigenvalue weighted by atomic mass is 10.1. The Labute approximate surface area is 90.9 Å². The summed E-state index contributed by atoms with van der Waals surface area (Å²) in [7, 11) is 2.03. The summed E-state index contributed by atoms with van der Waals surface area (Å²) < 4.78 is 1.99. The van der Waals surface area contributed by atoms with Crippen LogP contribution < -0.4 is 5.32 Å². The molecule has 82 valence electrons. The van der Waals surface area contributed by atoms with Gasteiger partial charge in [-0.25, -0.2) is 0 Å². The first-order valence-corrected chi connectivity index (χ1v) is 5.97. The quantitative estimate of drug-likeness (QED) is 0.809. The van der Waals surface area contributed by atoms with Gasteiger partial charge in [-0.05, 0) is 50.1 Å². The third kappa shape index (κ3) is 1.81. The molecule has 1 N–H and O–H groups in total. The maximum absolute atomic E-state index is 4.32. The largest absolute Gasteiger partial charge is 0.314 e. The predicted octanol–water partition coefficient (Wildman–Crippen LogP) is 1.58. The lowest BCUT2D eigenvalue weighted by Crippen LogP contribution is -2.19. The first-order chi connectivity index (χ1) is 7.25. The van der Waals surface area contributed by atoms with E-state index in [1.807, 2.05) is 11.7 Å². The van der Waals surface area contributed by atoms with Gasteiger partial charge in [0.2, 0.25) is 0 Å². The van der Waals surface area contributed by atoms with Crippen LogP contribution in [0.3, 0.4) is 0 Å². The molecule has 2 saturated carbocycles. The van der Waals surface area contributed by atoms with Gasteiger partial charge < -0.3 is 5.32 Å². The van der Waals surface area contributed by atoms with Crippen molar-refractivity contribution in [1.29, 1.82) is 0 Å². The zero-order valence-electron chi connectivity index (χ0n) is 9.53. The molecule has 0 aliphatic heterocycles. The van der Waals surface area contributed by atoms with Crippen LogP contribution in [0, 0.1) is 12.8 Å². The molecule has 2 unspecified atom stereocenters. The van der Waals surface area contributed by atoms with Crippen LogP contribution >= 0.6 is 0 Å². The van der Waals surface area contributed by atoms with E-state index in [0.29, 0.717) is 0 Å². The predicted molar refractivity (Wildman–Crippen MR) is 59.8 cm³/mol. The molecule has 3 nitrogen and oxygen atoms in total. The molecular formula is C12H19N3. The smallest absolute Gasteiger partial charge is 0.0527 e. The van der Waals surface area contributed by atoms with Crippen LogP contribution in [0.2, 0.25) is 0 Å². The van der Waals surface area contributed by atoms with Gasteiger partial charge in [-0.3, -0.25) is 4.68 Å². The summed E-state index contributed by atoms with van der Waals surface area (Å²) in [6.07, 6.45) is 6.19. The van der Waals surface area contributed by atoms with Crippen molar-refractivity contribution in [3.63, 3.8) is 0 Å². The van der Waals surface area contributed by atoms with Gasteiger partial charge in [-0.1, -0.05) is 0 Å². The Morgan fingerprint density at radius 1 is 1.53 bits per heavy atom. The van der Waals surface area contributed by atoms with Crippen molar-refractivity contribution in [2.24, 2.45) is 13.0 Å². The van der Waals surface area contributed by atoms with E-state index in [1.165, 1.54) is 37.1 Å². The van der Waals surface area contributed by atoms with Crippen molar-refractivity contribution in [3.05, 3.63) is 17.5 Å². The molecule has 3 heteroatoms. The van der Waals surface area contributed by atoms with Crippen LogP contribution in [-0.2, 0) is 7.05 Å². The fourth-order valence-corrected chi connectivity index (χ4v) is 2.34. The summed E-state index contributed by atoms with van der Waals surface area (Å²) in [5, 5.41) is 7.93. The third-order valence-electron chi connectivity index (χ3n) is 3.84. The summed E-state index contributed by atoms with van der Waals surface area (Å²) in [5.41, 5.74) is 2.81. The molecular weight excluding hydrogens is 186 g/mol. The highest BCUT2D eigenvalue weighted by Gasteiger charge is 2.40. The highest BCUT2D eigenvalue weighted by molar-refractivity contribution is 5.27. The van der Waals surface area contributed by atoms with E-state index < -0.39 is 0 Å². The minimum absolute atomic E-state index is 0.782. The standard InChI is InChI=1S/C12H19N3/c1-8-12(7-14-15(8)2)11-5-9(11)6-13-10-3-4-10/h7,9-11,13H,3-6H2,1-2H3. The maximum Gasteiger partial charge on any atom is 0.0527 e. The summed E-state index contributed by atoms with van der Waals surface area (Å²) in [6.45, 7) is 3.38. The number of hydrogen-bond acceptors (Lipinski definition) is 2. The van der Waals surface area contributed by atoms with Gasteiger partial charge in [0.1, 0.15) is 0 Å². The van der Waals surface area contributed by atoms with Gasteiger partial charge in [0.05, 0.1) is 6.20 Å². The monoisotopic (exact) mass is 205 g/mol. The second-order valence-electron chi connectivity index (χ2n) is 5.09. The summed E-state index contributed by atoms with van der Waals surface area (Å²) >= 11 is 0. The Hall–Kier alpha value is -0.830. The number of hydrogen-bond donors (Lipinski definition) is 1. The van der Waals surface area contributed by atoms with Crippen LogP contribution in [0.25, 0.3) is 0 Å². The molecule has 1 heterocycles. The van der Waals surface area contributed by atoms with Crippen molar-refractivity contribution in [2.45, 2.75) is 38.1 Å². The molecule has 1 aromatic rings. The molecule has 0 radical (unpaired) electrons. The average molecular weight is 205 g/mol. The number of nitrogens with one attached hydrogen (secondary N) is 1. The Morgan fingerprint density at radius 2 is 2.33 bits per heavy atom. The number of aryl methyl sites for hydroxylation is 1. The van der Waals surface area contributed by atoms with E-state index in [0.717, 1.165) is 17.9 Å². The number of rotatable bonds is 4. The second kappa shape index (κ2) is 3.34. The summed E-state index contributed by atoms with van der Waals surface area (Å²) in [5.74, 6) is 1.65. The highest BCUT2D eigenvalue weighted by Crippen LogP contribution is 2.48. The molecule has 2 atom stereocenters. The topological polar surface area (TPSA) is 29.9 Å². The van der Waals surface area contributed by atoms with E-state index in [9.17, 15) is 0 Å². The summed E-state index contributed by atoms with van der Waals surface area (Å²) in [6, 6.07) is 0.848. The Kier molecular flexibility index (Phi) is 2.09. The molecule has 2 aliphatic rings. The molecule has 1 aromatic heterocycles. The lowest BCUT2D eigenvalue weighted by Gasteiger charge is -2.02. The first-order valence-electron chi connectivity index (χ1n) is 5.97. The maximum atomic E-state index is 4.32. The molecule has 3 rings (SSSR count). The molecule has 0 saturated heterocycles. The molecule has 0 bridgehead atoms. The first kappa shape index (κ1) is 9.40. The lowest BCUT2D eigenvalue weighted by molar-refractivity contribution is 0.623. The zero-order valence-corrected chi connectivity index (χ0v) is 9.53. The Morgan fingerprint density at radius 3 is 2.93 bits per heavy atom. The highest BCUT2D eigenvalue weighted by atomic mass is 15.3.